The molecule has 0 atom stereocenters. The van der Waals surface area contributed by atoms with Crippen molar-refractivity contribution in [3.8, 4) is 5.69 Å². The lowest BCUT2D eigenvalue weighted by Gasteiger charge is -2.10. The van der Waals surface area contributed by atoms with Crippen LogP contribution in [0.5, 0.6) is 0 Å². The van der Waals surface area contributed by atoms with Crippen molar-refractivity contribution in [3.63, 3.8) is 0 Å². The number of nitrogens with one attached hydrogen (secondary N) is 1. The first-order valence-electron chi connectivity index (χ1n) is 8.20. The largest absolute Gasteiger partial charge is 0.318 e. The summed E-state index contributed by atoms with van der Waals surface area (Å²) in [5.74, 6) is -0.420. The van der Waals surface area contributed by atoms with E-state index < -0.39 is 5.91 Å². The zero-order valence-electron chi connectivity index (χ0n) is 14.9. The fraction of sp³-hybridized carbons (Fsp3) is 0.100. The highest BCUT2D eigenvalue weighted by atomic mass is 35.5. The van der Waals surface area contributed by atoms with Gasteiger partial charge in [-0.25, -0.2) is 5.43 Å². The number of halogens is 4. The Labute approximate surface area is 182 Å². The van der Waals surface area contributed by atoms with E-state index in [0.717, 1.165) is 22.6 Å². The Bertz CT molecular complexity index is 1090. The summed E-state index contributed by atoms with van der Waals surface area (Å²) >= 11 is 24.0. The Morgan fingerprint density at radius 3 is 2.39 bits per heavy atom. The summed E-state index contributed by atoms with van der Waals surface area (Å²) < 4.78 is 2.03. The van der Waals surface area contributed by atoms with Crippen LogP contribution in [0.4, 0.5) is 0 Å². The van der Waals surface area contributed by atoms with Crippen LogP contribution in [0.2, 0.25) is 20.1 Å². The normalized spacial score (nSPS) is 11.2. The molecule has 1 heterocycles. The fourth-order valence-corrected chi connectivity index (χ4v) is 3.62. The van der Waals surface area contributed by atoms with Gasteiger partial charge in [0.05, 0.1) is 26.8 Å². The topological polar surface area (TPSA) is 46.4 Å². The molecule has 0 aliphatic carbocycles. The lowest BCUT2D eigenvalue weighted by molar-refractivity contribution is 0.0955. The summed E-state index contributed by atoms with van der Waals surface area (Å²) in [4.78, 5) is 12.2. The van der Waals surface area contributed by atoms with E-state index >= 15 is 0 Å². The molecule has 0 aliphatic heterocycles. The highest BCUT2D eigenvalue weighted by molar-refractivity contribution is 6.42. The van der Waals surface area contributed by atoms with Crippen LogP contribution in [-0.4, -0.2) is 16.7 Å². The van der Waals surface area contributed by atoms with E-state index in [1.165, 1.54) is 6.07 Å². The first-order valence-corrected chi connectivity index (χ1v) is 9.72. The molecule has 1 aromatic heterocycles. The lowest BCUT2D eigenvalue weighted by atomic mass is 10.2. The summed E-state index contributed by atoms with van der Waals surface area (Å²) in [5.41, 5.74) is 6.45. The number of rotatable bonds is 4. The van der Waals surface area contributed by atoms with Crippen molar-refractivity contribution in [2.24, 2.45) is 5.10 Å². The van der Waals surface area contributed by atoms with Crippen molar-refractivity contribution in [3.05, 3.63) is 85.1 Å². The number of carbonyl (C=O) groups excluding carboxylic acids is 1. The number of carbonyl (C=O) groups is 1. The number of amides is 1. The van der Waals surface area contributed by atoms with Gasteiger partial charge >= 0.3 is 0 Å². The smallest absolute Gasteiger partial charge is 0.272 e. The van der Waals surface area contributed by atoms with Crippen molar-refractivity contribution < 1.29 is 4.79 Å². The fourth-order valence-electron chi connectivity index (χ4n) is 2.83. The van der Waals surface area contributed by atoms with Crippen LogP contribution in [0, 0.1) is 13.8 Å². The number of nitrogens with zero attached hydrogens (tertiary/aromatic N) is 2. The molecule has 2 aromatic carbocycles. The van der Waals surface area contributed by atoms with Gasteiger partial charge in [0.15, 0.2) is 0 Å². The number of benzene rings is 2. The molecule has 0 saturated carbocycles. The van der Waals surface area contributed by atoms with Crippen LogP contribution in [-0.2, 0) is 0 Å². The van der Waals surface area contributed by atoms with Crippen molar-refractivity contribution in [2.45, 2.75) is 13.8 Å². The molecular formula is C20H15Cl4N3O. The Kier molecular flexibility index (Phi) is 6.36. The Morgan fingerprint density at radius 2 is 1.71 bits per heavy atom. The standard InChI is InChI=1S/C20H15Cl4N3O/c1-11-7-13(12(2)27(11)15-4-6-17(22)19(24)9-15)10-25-26-20(28)16-5-3-14(21)8-18(16)23/h3-10H,1-2H3,(H,26,28)/b25-10-. The molecule has 0 unspecified atom stereocenters. The van der Waals surface area contributed by atoms with Gasteiger partial charge in [-0.05, 0) is 56.3 Å². The first kappa shape index (κ1) is 20.7. The second-order valence-electron chi connectivity index (χ2n) is 6.08. The Morgan fingerprint density at radius 1 is 0.964 bits per heavy atom. The summed E-state index contributed by atoms with van der Waals surface area (Å²) in [7, 11) is 0. The van der Waals surface area contributed by atoms with E-state index in [2.05, 4.69) is 10.5 Å². The van der Waals surface area contributed by atoms with Crippen LogP contribution in [0.15, 0.2) is 47.6 Å². The van der Waals surface area contributed by atoms with Gasteiger partial charge in [-0.3, -0.25) is 4.79 Å². The molecule has 3 rings (SSSR count). The number of hydrazone groups is 1. The van der Waals surface area contributed by atoms with Gasteiger partial charge in [0.25, 0.3) is 5.91 Å². The summed E-state index contributed by atoms with van der Waals surface area (Å²) in [6.45, 7) is 3.92. The number of hydrogen-bond donors (Lipinski definition) is 1. The summed E-state index contributed by atoms with van der Waals surface area (Å²) in [5, 5.41) is 5.74. The molecule has 1 N–H and O–H groups in total. The van der Waals surface area contributed by atoms with Gasteiger partial charge in [-0.1, -0.05) is 46.4 Å². The zero-order valence-corrected chi connectivity index (χ0v) is 18.0. The molecule has 0 bridgehead atoms. The SMILES string of the molecule is Cc1cc(/C=N\NC(=O)c2ccc(Cl)cc2Cl)c(C)n1-c1ccc(Cl)c(Cl)c1. The first-order chi connectivity index (χ1) is 13.3. The van der Waals surface area contributed by atoms with Crippen LogP contribution in [0.1, 0.15) is 27.3 Å². The molecule has 4 nitrogen and oxygen atoms in total. The van der Waals surface area contributed by atoms with Gasteiger partial charge < -0.3 is 4.57 Å². The van der Waals surface area contributed by atoms with Crippen LogP contribution < -0.4 is 5.43 Å². The summed E-state index contributed by atoms with van der Waals surface area (Å²) in [6, 6.07) is 12.1. The van der Waals surface area contributed by atoms with Crippen molar-refractivity contribution in [1.29, 1.82) is 0 Å². The zero-order chi connectivity index (χ0) is 20.4. The number of aromatic nitrogens is 1. The van der Waals surface area contributed by atoms with Gasteiger partial charge in [0, 0.05) is 27.7 Å². The predicted molar refractivity (Wildman–Crippen MR) is 117 cm³/mol. The van der Waals surface area contributed by atoms with E-state index in [4.69, 9.17) is 46.4 Å². The quantitative estimate of drug-likeness (QED) is 0.356. The average molecular weight is 455 g/mol. The third-order valence-corrected chi connectivity index (χ3v) is 5.46. The van der Waals surface area contributed by atoms with E-state index in [1.54, 1.807) is 30.5 Å². The molecule has 144 valence electrons. The molecule has 8 heteroatoms. The molecule has 28 heavy (non-hydrogen) atoms. The van der Waals surface area contributed by atoms with E-state index in [0.29, 0.717) is 20.6 Å². The van der Waals surface area contributed by atoms with Gasteiger partial charge in [-0.2, -0.15) is 5.10 Å². The maximum atomic E-state index is 12.2. The molecular weight excluding hydrogens is 440 g/mol. The van der Waals surface area contributed by atoms with Crippen molar-refractivity contribution in [1.82, 2.24) is 9.99 Å². The summed E-state index contributed by atoms with van der Waals surface area (Å²) in [6.07, 6.45) is 1.58. The average Bonchev–Trinajstić information content (AvgIpc) is 2.91. The minimum absolute atomic E-state index is 0.262. The van der Waals surface area contributed by atoms with E-state index in [-0.39, 0.29) is 5.02 Å². The van der Waals surface area contributed by atoms with Crippen LogP contribution in [0.25, 0.3) is 5.69 Å². The third-order valence-electron chi connectivity index (χ3n) is 4.18. The Balaban J connectivity index is 1.81. The van der Waals surface area contributed by atoms with Crippen molar-refractivity contribution >= 4 is 58.5 Å². The molecule has 0 spiro atoms. The highest BCUT2D eigenvalue weighted by Gasteiger charge is 2.12. The van der Waals surface area contributed by atoms with Gasteiger partial charge in [0.1, 0.15) is 0 Å². The maximum absolute atomic E-state index is 12.2. The van der Waals surface area contributed by atoms with Crippen molar-refractivity contribution in [2.75, 3.05) is 0 Å². The minimum Gasteiger partial charge on any atom is -0.318 e. The van der Waals surface area contributed by atoms with Crippen LogP contribution in [0.3, 0.4) is 0 Å². The van der Waals surface area contributed by atoms with Gasteiger partial charge in [-0.15, -0.1) is 0 Å². The molecule has 1 amide bonds. The second kappa shape index (κ2) is 8.58. The predicted octanol–water partition coefficient (Wildman–Crippen LogP) is 6.47. The number of hydrogen-bond acceptors (Lipinski definition) is 2. The minimum atomic E-state index is -0.420. The molecule has 0 saturated heterocycles. The van der Waals surface area contributed by atoms with E-state index in [1.807, 2.05) is 30.5 Å². The van der Waals surface area contributed by atoms with Crippen LogP contribution >= 0.6 is 46.4 Å². The van der Waals surface area contributed by atoms with E-state index in [9.17, 15) is 4.79 Å². The number of aryl methyl sites for hydroxylation is 1. The molecule has 3 aromatic rings. The maximum Gasteiger partial charge on any atom is 0.272 e. The monoisotopic (exact) mass is 453 g/mol. The molecule has 0 fully saturated rings. The van der Waals surface area contributed by atoms with Gasteiger partial charge in [0.2, 0.25) is 0 Å². The molecule has 0 aliphatic rings. The lowest BCUT2D eigenvalue weighted by Crippen LogP contribution is -2.18. The molecule has 0 radical (unpaired) electrons. The highest BCUT2D eigenvalue weighted by Crippen LogP contribution is 2.27. The second-order valence-corrected chi connectivity index (χ2v) is 7.74. The Hall–Kier alpha value is -1.98. The third kappa shape index (κ3) is 4.36.